The van der Waals surface area contributed by atoms with E-state index in [0.29, 0.717) is 0 Å². The van der Waals surface area contributed by atoms with Gasteiger partial charge in [-0.05, 0) is 11.4 Å². The molecule has 12 heavy (non-hydrogen) atoms. The van der Waals surface area contributed by atoms with E-state index in [1.807, 2.05) is 10.8 Å². The van der Waals surface area contributed by atoms with E-state index in [4.69, 9.17) is 10.4 Å². The van der Waals surface area contributed by atoms with Crippen LogP contribution in [-0.4, -0.2) is 8.42 Å². The predicted octanol–water partition coefficient (Wildman–Crippen LogP) is 0.235. The molecule has 1 heterocycles. The lowest BCUT2D eigenvalue weighted by Crippen LogP contribution is -2.21. The average molecular weight is 203 g/mol. The lowest BCUT2D eigenvalue weighted by atomic mass is 10.4. The SMILES string of the molecule is N#Cc1ccsc1NS(N)(=O)=O. The first-order valence-corrected chi connectivity index (χ1v) is 5.23. The molecule has 7 heteroatoms. The molecule has 0 fully saturated rings. The van der Waals surface area contributed by atoms with Crippen LogP contribution in [0.2, 0.25) is 0 Å². The smallest absolute Gasteiger partial charge is 0.261 e. The van der Waals surface area contributed by atoms with Crippen molar-refractivity contribution in [1.29, 1.82) is 5.26 Å². The van der Waals surface area contributed by atoms with Crippen LogP contribution in [0.1, 0.15) is 5.56 Å². The number of hydrogen-bond acceptors (Lipinski definition) is 4. The number of nitriles is 1. The molecule has 0 atom stereocenters. The Bertz CT molecular complexity index is 414. The van der Waals surface area contributed by atoms with Crippen molar-refractivity contribution in [2.45, 2.75) is 0 Å². The van der Waals surface area contributed by atoms with Crippen LogP contribution >= 0.6 is 11.3 Å². The van der Waals surface area contributed by atoms with Gasteiger partial charge in [-0.2, -0.15) is 13.7 Å². The third-order valence-electron chi connectivity index (χ3n) is 1.02. The molecule has 1 aromatic rings. The van der Waals surface area contributed by atoms with Crippen molar-refractivity contribution in [3.63, 3.8) is 0 Å². The van der Waals surface area contributed by atoms with Gasteiger partial charge in [0.15, 0.2) is 0 Å². The van der Waals surface area contributed by atoms with Gasteiger partial charge >= 0.3 is 0 Å². The molecule has 0 aliphatic carbocycles. The fourth-order valence-electron chi connectivity index (χ4n) is 0.606. The Kier molecular flexibility index (Phi) is 2.32. The lowest BCUT2D eigenvalue weighted by Gasteiger charge is -1.98. The molecule has 0 amide bonds. The van der Waals surface area contributed by atoms with Crippen LogP contribution in [0.4, 0.5) is 5.00 Å². The van der Waals surface area contributed by atoms with Crippen molar-refractivity contribution in [2.24, 2.45) is 5.14 Å². The summed E-state index contributed by atoms with van der Waals surface area (Å²) in [5.41, 5.74) is 0.272. The fraction of sp³-hybridized carbons (Fsp3) is 0. The summed E-state index contributed by atoms with van der Waals surface area (Å²) < 4.78 is 23.1. The molecular weight excluding hydrogens is 198 g/mol. The molecule has 0 saturated carbocycles. The summed E-state index contributed by atoms with van der Waals surface area (Å²) in [5.74, 6) is 0. The first kappa shape index (κ1) is 8.99. The monoisotopic (exact) mass is 203 g/mol. The normalized spacial score (nSPS) is 10.7. The highest BCUT2D eigenvalue weighted by atomic mass is 32.2. The van der Waals surface area contributed by atoms with Gasteiger partial charge in [-0.1, -0.05) is 0 Å². The predicted molar refractivity (Wildman–Crippen MR) is 45.8 cm³/mol. The molecule has 0 bridgehead atoms. The maximum Gasteiger partial charge on any atom is 0.297 e. The molecule has 1 rings (SSSR count). The van der Waals surface area contributed by atoms with Crippen molar-refractivity contribution in [2.75, 3.05) is 4.72 Å². The topological polar surface area (TPSA) is 96.0 Å². The highest BCUT2D eigenvalue weighted by Gasteiger charge is 2.07. The van der Waals surface area contributed by atoms with Crippen molar-refractivity contribution >= 4 is 26.5 Å². The minimum absolute atomic E-state index is 0.250. The van der Waals surface area contributed by atoms with Crippen LogP contribution in [0.15, 0.2) is 11.4 Å². The standard InChI is InChI=1S/C5H5N3O2S2/c6-3-4-1-2-11-5(4)8-12(7,9)10/h1-2,8H,(H2,7,9,10). The molecule has 0 aromatic carbocycles. The van der Waals surface area contributed by atoms with Crippen molar-refractivity contribution in [3.05, 3.63) is 17.0 Å². The Balaban J connectivity index is 2.99. The third kappa shape index (κ3) is 2.20. The minimum Gasteiger partial charge on any atom is -0.261 e. The number of anilines is 1. The maximum atomic E-state index is 10.5. The zero-order valence-corrected chi connectivity index (χ0v) is 7.45. The van der Waals surface area contributed by atoms with E-state index in [2.05, 4.69) is 0 Å². The van der Waals surface area contributed by atoms with Crippen LogP contribution in [0.3, 0.4) is 0 Å². The zero-order valence-electron chi connectivity index (χ0n) is 5.81. The summed E-state index contributed by atoms with van der Waals surface area (Å²) >= 11 is 1.11. The molecule has 5 nitrogen and oxygen atoms in total. The van der Waals surface area contributed by atoms with E-state index in [1.54, 1.807) is 5.38 Å². The minimum atomic E-state index is -3.77. The quantitative estimate of drug-likeness (QED) is 0.720. The van der Waals surface area contributed by atoms with E-state index >= 15 is 0 Å². The Labute approximate surface area is 73.6 Å². The summed E-state index contributed by atoms with van der Waals surface area (Å²) in [7, 11) is -3.77. The first-order chi connectivity index (χ1) is 5.53. The number of hydrogen-bond donors (Lipinski definition) is 2. The van der Waals surface area contributed by atoms with E-state index in [9.17, 15) is 8.42 Å². The van der Waals surface area contributed by atoms with Gasteiger partial charge in [0.05, 0.1) is 5.56 Å². The first-order valence-electron chi connectivity index (χ1n) is 2.81. The Hall–Kier alpha value is -1.10. The van der Waals surface area contributed by atoms with Crippen molar-refractivity contribution in [1.82, 2.24) is 0 Å². The van der Waals surface area contributed by atoms with E-state index in [-0.39, 0.29) is 10.6 Å². The number of nitrogens with one attached hydrogen (secondary N) is 1. The highest BCUT2D eigenvalue weighted by Crippen LogP contribution is 2.22. The Morgan fingerprint density at radius 2 is 2.33 bits per heavy atom. The average Bonchev–Trinajstić information content (AvgIpc) is 2.31. The molecule has 0 spiro atoms. The van der Waals surface area contributed by atoms with Gasteiger partial charge in [0.25, 0.3) is 10.2 Å². The largest absolute Gasteiger partial charge is 0.297 e. The van der Waals surface area contributed by atoms with Crippen LogP contribution in [0.25, 0.3) is 0 Å². The molecule has 0 saturated heterocycles. The van der Waals surface area contributed by atoms with Gasteiger partial charge in [0, 0.05) is 0 Å². The molecule has 0 aliphatic rings. The van der Waals surface area contributed by atoms with E-state index in [0.717, 1.165) is 11.3 Å². The molecule has 1 aromatic heterocycles. The summed E-state index contributed by atoms with van der Waals surface area (Å²) in [6.45, 7) is 0. The van der Waals surface area contributed by atoms with Crippen LogP contribution in [0, 0.1) is 11.3 Å². The van der Waals surface area contributed by atoms with E-state index < -0.39 is 10.2 Å². The van der Waals surface area contributed by atoms with Crippen LogP contribution < -0.4 is 9.86 Å². The molecule has 3 N–H and O–H groups in total. The Morgan fingerprint density at radius 1 is 1.67 bits per heavy atom. The van der Waals surface area contributed by atoms with Crippen LogP contribution in [0.5, 0.6) is 0 Å². The second-order valence-corrected chi connectivity index (χ2v) is 4.13. The molecule has 0 radical (unpaired) electrons. The van der Waals surface area contributed by atoms with Gasteiger partial charge in [0.1, 0.15) is 11.1 Å². The zero-order chi connectivity index (χ0) is 9.19. The summed E-state index contributed by atoms with van der Waals surface area (Å²) in [6, 6.07) is 3.34. The fourth-order valence-corrected chi connectivity index (χ4v) is 2.10. The van der Waals surface area contributed by atoms with Crippen molar-refractivity contribution in [3.8, 4) is 6.07 Å². The highest BCUT2D eigenvalue weighted by molar-refractivity contribution is 7.90. The number of rotatable bonds is 2. The van der Waals surface area contributed by atoms with Gasteiger partial charge in [-0.15, -0.1) is 11.3 Å². The maximum absolute atomic E-state index is 10.5. The number of nitrogens with zero attached hydrogens (tertiary/aromatic N) is 1. The molecule has 0 aliphatic heterocycles. The summed E-state index contributed by atoms with van der Waals surface area (Å²) in [4.78, 5) is 0. The molecule has 64 valence electrons. The second kappa shape index (κ2) is 3.10. The molecular formula is C5H5N3O2S2. The van der Waals surface area contributed by atoms with E-state index in [1.165, 1.54) is 6.07 Å². The number of nitrogens with two attached hydrogens (primary N) is 1. The van der Waals surface area contributed by atoms with Crippen molar-refractivity contribution < 1.29 is 8.42 Å². The van der Waals surface area contributed by atoms with Gasteiger partial charge in [0.2, 0.25) is 0 Å². The Morgan fingerprint density at radius 3 is 2.83 bits per heavy atom. The van der Waals surface area contributed by atoms with Gasteiger partial charge in [-0.25, -0.2) is 5.14 Å². The number of thiophene rings is 1. The van der Waals surface area contributed by atoms with Gasteiger partial charge < -0.3 is 0 Å². The molecule has 0 unspecified atom stereocenters. The third-order valence-corrected chi connectivity index (χ3v) is 2.47. The van der Waals surface area contributed by atoms with Crippen LogP contribution in [-0.2, 0) is 10.2 Å². The summed E-state index contributed by atoms with van der Waals surface area (Å²) in [6.07, 6.45) is 0. The summed E-state index contributed by atoms with van der Waals surface area (Å²) in [5, 5.41) is 15.0. The van der Waals surface area contributed by atoms with Gasteiger partial charge in [-0.3, -0.25) is 4.72 Å². The lowest BCUT2D eigenvalue weighted by molar-refractivity contribution is 0.603. The second-order valence-electron chi connectivity index (χ2n) is 1.92.